The topological polar surface area (TPSA) is 40.5 Å². The summed E-state index contributed by atoms with van der Waals surface area (Å²) in [5, 5.41) is 8.93. The summed E-state index contributed by atoms with van der Waals surface area (Å²) in [4.78, 5) is 13.6. The van der Waals surface area contributed by atoms with Crippen LogP contribution in [0.4, 0.5) is 0 Å². The second-order valence-electron chi connectivity index (χ2n) is 4.23. The van der Waals surface area contributed by atoms with Gasteiger partial charge in [0.1, 0.15) is 0 Å². The zero-order valence-electron chi connectivity index (χ0n) is 10.6. The van der Waals surface area contributed by atoms with Crippen molar-refractivity contribution in [2.24, 2.45) is 0 Å². The van der Waals surface area contributed by atoms with Crippen molar-refractivity contribution in [2.45, 2.75) is 19.9 Å². The second kappa shape index (κ2) is 7.34. The molecule has 0 bridgehead atoms. The summed E-state index contributed by atoms with van der Waals surface area (Å²) in [6.45, 7) is 4.21. The number of aliphatic hydroxyl groups is 1. The van der Waals surface area contributed by atoms with E-state index >= 15 is 0 Å². The minimum absolute atomic E-state index is 0.0178. The molecule has 0 spiro atoms. The molecule has 0 saturated carbocycles. The Balaban J connectivity index is 2.70. The summed E-state index contributed by atoms with van der Waals surface area (Å²) >= 11 is 3.36. The molecule has 1 aromatic rings. The first-order valence-corrected chi connectivity index (χ1v) is 6.69. The fraction of sp³-hybridized carbons (Fsp3) is 0.357. The van der Waals surface area contributed by atoms with Gasteiger partial charge in [0.05, 0.1) is 6.61 Å². The monoisotopic (exact) mass is 311 g/mol. The van der Waals surface area contributed by atoms with Gasteiger partial charge in [-0.3, -0.25) is 4.79 Å². The van der Waals surface area contributed by atoms with E-state index in [-0.39, 0.29) is 18.6 Å². The van der Waals surface area contributed by atoms with Crippen molar-refractivity contribution in [3.63, 3.8) is 0 Å². The van der Waals surface area contributed by atoms with Gasteiger partial charge in [-0.05, 0) is 37.6 Å². The van der Waals surface area contributed by atoms with Crippen molar-refractivity contribution < 1.29 is 9.90 Å². The van der Waals surface area contributed by atoms with Crippen LogP contribution < -0.4 is 0 Å². The summed E-state index contributed by atoms with van der Waals surface area (Å²) in [6.07, 6.45) is 3.32. The van der Waals surface area contributed by atoms with Crippen LogP contribution in [0.1, 0.15) is 19.4 Å². The Bertz CT molecular complexity index is 412. The van der Waals surface area contributed by atoms with Crippen LogP contribution in [0.3, 0.4) is 0 Å². The lowest BCUT2D eigenvalue weighted by Crippen LogP contribution is -2.37. The lowest BCUT2D eigenvalue weighted by atomic mass is 10.2. The van der Waals surface area contributed by atoms with E-state index in [4.69, 9.17) is 5.11 Å². The van der Waals surface area contributed by atoms with Crippen molar-refractivity contribution in [3.8, 4) is 0 Å². The van der Waals surface area contributed by atoms with Gasteiger partial charge in [-0.25, -0.2) is 0 Å². The molecule has 4 heteroatoms. The Labute approximate surface area is 116 Å². The Hall–Kier alpha value is -1.13. The highest BCUT2D eigenvalue weighted by atomic mass is 79.9. The van der Waals surface area contributed by atoms with E-state index in [1.165, 1.54) is 0 Å². The highest BCUT2D eigenvalue weighted by molar-refractivity contribution is 9.10. The van der Waals surface area contributed by atoms with Crippen LogP contribution in [0.2, 0.25) is 0 Å². The van der Waals surface area contributed by atoms with Crippen LogP contribution in [-0.4, -0.2) is 35.1 Å². The Morgan fingerprint density at radius 3 is 2.50 bits per heavy atom. The standard InChI is InChI=1S/C14H18BrNO2/c1-11(2)16(9-10-17)14(18)8-5-12-3-6-13(15)7-4-12/h3-8,11,17H,9-10H2,1-2H3/b8-5+. The van der Waals surface area contributed by atoms with Gasteiger partial charge in [-0.1, -0.05) is 28.1 Å². The Morgan fingerprint density at radius 2 is 2.00 bits per heavy atom. The van der Waals surface area contributed by atoms with Gasteiger partial charge in [0.15, 0.2) is 0 Å². The van der Waals surface area contributed by atoms with Crippen molar-refractivity contribution in [3.05, 3.63) is 40.4 Å². The number of nitrogens with zero attached hydrogens (tertiary/aromatic N) is 1. The van der Waals surface area contributed by atoms with Gasteiger partial charge in [-0.15, -0.1) is 0 Å². The molecule has 1 rings (SSSR count). The first-order chi connectivity index (χ1) is 8.54. The molecule has 0 aliphatic carbocycles. The normalized spacial score (nSPS) is 11.2. The van der Waals surface area contributed by atoms with Crippen LogP contribution in [0.25, 0.3) is 6.08 Å². The molecule has 0 heterocycles. The molecule has 0 unspecified atom stereocenters. The Kier molecular flexibility index (Phi) is 6.09. The first kappa shape index (κ1) is 14.9. The number of amides is 1. The van der Waals surface area contributed by atoms with Crippen LogP contribution in [0, 0.1) is 0 Å². The van der Waals surface area contributed by atoms with Gasteiger partial charge in [-0.2, -0.15) is 0 Å². The maximum absolute atomic E-state index is 11.9. The molecule has 0 fully saturated rings. The molecule has 3 nitrogen and oxygen atoms in total. The van der Waals surface area contributed by atoms with E-state index in [1.807, 2.05) is 38.1 Å². The molecular weight excluding hydrogens is 294 g/mol. The van der Waals surface area contributed by atoms with E-state index in [1.54, 1.807) is 17.1 Å². The number of carbonyl (C=O) groups excluding carboxylic acids is 1. The fourth-order valence-corrected chi connectivity index (χ4v) is 1.83. The molecule has 1 amide bonds. The van der Waals surface area contributed by atoms with Crippen LogP contribution in [-0.2, 0) is 4.79 Å². The highest BCUT2D eigenvalue weighted by Crippen LogP contribution is 2.11. The summed E-state index contributed by atoms with van der Waals surface area (Å²) in [6, 6.07) is 7.80. The third-order valence-corrected chi connectivity index (χ3v) is 3.06. The molecular formula is C14H18BrNO2. The number of halogens is 1. The minimum atomic E-state index is -0.0815. The number of hydrogen-bond donors (Lipinski definition) is 1. The molecule has 0 saturated heterocycles. The zero-order valence-corrected chi connectivity index (χ0v) is 12.2. The van der Waals surface area contributed by atoms with E-state index in [0.717, 1.165) is 10.0 Å². The smallest absolute Gasteiger partial charge is 0.246 e. The van der Waals surface area contributed by atoms with E-state index in [9.17, 15) is 4.79 Å². The predicted octanol–water partition coefficient (Wildman–Crippen LogP) is 2.69. The average Bonchev–Trinajstić information content (AvgIpc) is 2.34. The summed E-state index contributed by atoms with van der Waals surface area (Å²) in [5.74, 6) is -0.0815. The summed E-state index contributed by atoms with van der Waals surface area (Å²) < 4.78 is 1.01. The molecule has 1 N–H and O–H groups in total. The molecule has 0 radical (unpaired) electrons. The SMILES string of the molecule is CC(C)N(CCO)C(=O)/C=C/c1ccc(Br)cc1. The number of rotatable bonds is 5. The second-order valence-corrected chi connectivity index (χ2v) is 5.15. The number of aliphatic hydroxyl groups excluding tert-OH is 1. The quantitative estimate of drug-likeness (QED) is 0.849. The van der Waals surface area contributed by atoms with E-state index in [2.05, 4.69) is 15.9 Å². The van der Waals surface area contributed by atoms with Crippen LogP contribution in [0.15, 0.2) is 34.8 Å². The summed E-state index contributed by atoms with van der Waals surface area (Å²) in [7, 11) is 0. The predicted molar refractivity (Wildman–Crippen MR) is 77.1 cm³/mol. The van der Waals surface area contributed by atoms with Gasteiger partial charge < -0.3 is 10.0 Å². The molecule has 1 aromatic carbocycles. The molecule has 0 aliphatic heterocycles. The number of carbonyl (C=O) groups is 1. The minimum Gasteiger partial charge on any atom is -0.395 e. The average molecular weight is 312 g/mol. The first-order valence-electron chi connectivity index (χ1n) is 5.89. The van der Waals surface area contributed by atoms with E-state index < -0.39 is 0 Å². The summed E-state index contributed by atoms with van der Waals surface area (Å²) in [5.41, 5.74) is 0.972. The molecule has 18 heavy (non-hydrogen) atoms. The molecule has 0 atom stereocenters. The van der Waals surface area contributed by atoms with Crippen molar-refractivity contribution in [1.29, 1.82) is 0 Å². The zero-order chi connectivity index (χ0) is 13.5. The Morgan fingerprint density at radius 1 is 1.39 bits per heavy atom. The molecule has 98 valence electrons. The molecule has 0 aromatic heterocycles. The lowest BCUT2D eigenvalue weighted by Gasteiger charge is -2.24. The van der Waals surface area contributed by atoms with Crippen LogP contribution in [0.5, 0.6) is 0 Å². The third kappa shape index (κ3) is 4.63. The maximum atomic E-state index is 11.9. The number of hydrogen-bond acceptors (Lipinski definition) is 2. The fourth-order valence-electron chi connectivity index (χ4n) is 1.57. The largest absolute Gasteiger partial charge is 0.395 e. The van der Waals surface area contributed by atoms with Gasteiger partial charge >= 0.3 is 0 Å². The van der Waals surface area contributed by atoms with Gasteiger partial charge in [0, 0.05) is 23.1 Å². The third-order valence-electron chi connectivity index (χ3n) is 2.54. The lowest BCUT2D eigenvalue weighted by molar-refractivity contribution is -0.128. The van der Waals surface area contributed by atoms with Crippen LogP contribution >= 0.6 is 15.9 Å². The number of benzene rings is 1. The van der Waals surface area contributed by atoms with Gasteiger partial charge in [0.2, 0.25) is 5.91 Å². The highest BCUT2D eigenvalue weighted by Gasteiger charge is 2.12. The van der Waals surface area contributed by atoms with Gasteiger partial charge in [0.25, 0.3) is 0 Å². The van der Waals surface area contributed by atoms with Crippen molar-refractivity contribution >= 4 is 27.9 Å². The van der Waals surface area contributed by atoms with Crippen molar-refractivity contribution in [1.82, 2.24) is 4.90 Å². The van der Waals surface area contributed by atoms with E-state index in [0.29, 0.717) is 6.54 Å². The van der Waals surface area contributed by atoms with Crippen molar-refractivity contribution in [2.75, 3.05) is 13.2 Å². The molecule has 0 aliphatic rings. The maximum Gasteiger partial charge on any atom is 0.246 e.